The Labute approximate surface area is 101 Å². The van der Waals surface area contributed by atoms with E-state index in [1.165, 1.54) is 11.3 Å². The molecule has 5 heteroatoms. The maximum atomic E-state index is 10.3. The number of hydrogen-bond acceptors (Lipinski definition) is 3. The fourth-order valence-corrected chi connectivity index (χ4v) is 2.48. The number of aromatic amines is 1. The number of anilines is 1. The summed E-state index contributed by atoms with van der Waals surface area (Å²) in [5.41, 5.74) is 1.96. The van der Waals surface area contributed by atoms with Crippen LogP contribution in [0.15, 0.2) is 36.4 Å². The first-order valence-corrected chi connectivity index (χ1v) is 5.93. The van der Waals surface area contributed by atoms with Crippen molar-refractivity contribution in [1.29, 1.82) is 0 Å². The largest absolute Gasteiger partial charge is 0.337 e. The minimum Gasteiger partial charge on any atom is -0.337 e. The van der Waals surface area contributed by atoms with Crippen molar-refractivity contribution in [1.82, 2.24) is 9.97 Å². The van der Waals surface area contributed by atoms with E-state index in [0.717, 1.165) is 26.7 Å². The Hall–Kier alpha value is -2.14. The minimum absolute atomic E-state index is 0.675. The van der Waals surface area contributed by atoms with Crippen molar-refractivity contribution in [2.24, 2.45) is 0 Å². The van der Waals surface area contributed by atoms with Crippen LogP contribution in [0.3, 0.4) is 0 Å². The number of nitrogens with one attached hydrogen (secondary N) is 2. The molecule has 3 rings (SSSR count). The van der Waals surface area contributed by atoms with Crippen molar-refractivity contribution in [2.75, 3.05) is 5.32 Å². The lowest BCUT2D eigenvalue weighted by Gasteiger charge is -1.89. The molecule has 0 fully saturated rings. The van der Waals surface area contributed by atoms with E-state index in [0.29, 0.717) is 6.41 Å². The number of fused-ring (bicyclic) bond motifs is 1. The number of imidazole rings is 1. The van der Waals surface area contributed by atoms with Crippen molar-refractivity contribution < 1.29 is 4.79 Å². The average Bonchev–Trinajstić information content (AvgIpc) is 2.94. The van der Waals surface area contributed by atoms with E-state index in [2.05, 4.69) is 15.3 Å². The molecule has 17 heavy (non-hydrogen) atoms. The molecule has 0 saturated carbocycles. The van der Waals surface area contributed by atoms with Gasteiger partial charge in [-0.2, -0.15) is 0 Å². The number of carbonyl (C=O) groups is 1. The molecule has 2 aromatic heterocycles. The van der Waals surface area contributed by atoms with Crippen molar-refractivity contribution >= 4 is 33.8 Å². The predicted molar refractivity (Wildman–Crippen MR) is 69.1 cm³/mol. The zero-order valence-electron chi connectivity index (χ0n) is 8.81. The normalized spacial score (nSPS) is 10.6. The molecule has 2 N–H and O–H groups in total. The molecule has 0 aliphatic rings. The van der Waals surface area contributed by atoms with Gasteiger partial charge in [-0.25, -0.2) is 4.98 Å². The van der Waals surface area contributed by atoms with E-state index >= 15 is 0 Å². The van der Waals surface area contributed by atoms with Crippen molar-refractivity contribution in [2.45, 2.75) is 0 Å². The summed E-state index contributed by atoms with van der Waals surface area (Å²) >= 11 is 1.49. The zero-order valence-corrected chi connectivity index (χ0v) is 9.62. The molecule has 1 aromatic carbocycles. The van der Waals surface area contributed by atoms with Crippen LogP contribution in [0.1, 0.15) is 0 Å². The molecule has 0 aliphatic heterocycles. The third-order valence-electron chi connectivity index (χ3n) is 2.43. The summed E-state index contributed by atoms with van der Waals surface area (Å²) in [6.07, 6.45) is 0.675. The van der Waals surface area contributed by atoms with Crippen LogP contribution in [-0.2, 0) is 4.79 Å². The third kappa shape index (κ3) is 1.81. The topological polar surface area (TPSA) is 57.8 Å². The molecule has 1 amide bonds. The zero-order chi connectivity index (χ0) is 11.7. The molecule has 0 atom stereocenters. The van der Waals surface area contributed by atoms with Gasteiger partial charge >= 0.3 is 0 Å². The van der Waals surface area contributed by atoms with Gasteiger partial charge in [0.25, 0.3) is 0 Å². The second kappa shape index (κ2) is 4.03. The Morgan fingerprint density at radius 2 is 2.12 bits per heavy atom. The fraction of sp³-hybridized carbons (Fsp3) is 0. The standard InChI is InChI=1S/C12H9N3OS/c16-7-13-11-6-5-10(17-11)12-14-8-3-1-2-4-9(8)15-12/h1-7H,(H,13,16)(H,14,15). The number of hydrogen-bond donors (Lipinski definition) is 2. The van der Waals surface area contributed by atoms with E-state index in [1.807, 2.05) is 36.4 Å². The number of carbonyl (C=O) groups excluding carboxylic acids is 1. The van der Waals surface area contributed by atoms with Gasteiger partial charge < -0.3 is 10.3 Å². The number of aromatic nitrogens is 2. The second-order valence-electron chi connectivity index (χ2n) is 3.53. The average molecular weight is 243 g/mol. The van der Waals surface area contributed by atoms with Gasteiger partial charge in [0.05, 0.1) is 20.9 Å². The predicted octanol–water partition coefficient (Wildman–Crippen LogP) is 2.86. The van der Waals surface area contributed by atoms with Gasteiger partial charge in [0.1, 0.15) is 5.82 Å². The molecule has 4 nitrogen and oxygen atoms in total. The maximum absolute atomic E-state index is 10.3. The van der Waals surface area contributed by atoms with Gasteiger partial charge in [-0.3, -0.25) is 4.79 Å². The van der Waals surface area contributed by atoms with Crippen LogP contribution in [-0.4, -0.2) is 16.4 Å². The van der Waals surface area contributed by atoms with Gasteiger partial charge in [0, 0.05) is 0 Å². The van der Waals surface area contributed by atoms with E-state index in [1.54, 1.807) is 0 Å². The molecule has 0 spiro atoms. The smallest absolute Gasteiger partial charge is 0.212 e. The van der Waals surface area contributed by atoms with Gasteiger partial charge in [-0.15, -0.1) is 11.3 Å². The highest BCUT2D eigenvalue weighted by atomic mass is 32.1. The van der Waals surface area contributed by atoms with Crippen molar-refractivity contribution in [3.05, 3.63) is 36.4 Å². The molecular formula is C12H9N3OS. The number of rotatable bonds is 3. The monoisotopic (exact) mass is 243 g/mol. The molecule has 0 unspecified atom stereocenters. The van der Waals surface area contributed by atoms with Crippen LogP contribution < -0.4 is 5.32 Å². The van der Waals surface area contributed by atoms with E-state index < -0.39 is 0 Å². The van der Waals surface area contributed by atoms with Crippen molar-refractivity contribution in [3.63, 3.8) is 0 Å². The SMILES string of the molecule is O=CNc1ccc(-c2nc3ccccc3[nH]2)s1. The molecule has 84 valence electrons. The van der Waals surface area contributed by atoms with Crippen LogP contribution in [0, 0.1) is 0 Å². The first kappa shape index (κ1) is 10.0. The molecule has 0 radical (unpaired) electrons. The molecule has 0 saturated heterocycles. The summed E-state index contributed by atoms with van der Waals surface area (Å²) in [6, 6.07) is 11.7. The van der Waals surface area contributed by atoms with E-state index in [-0.39, 0.29) is 0 Å². The first-order valence-electron chi connectivity index (χ1n) is 5.12. The van der Waals surface area contributed by atoms with Crippen LogP contribution in [0.2, 0.25) is 0 Å². The molecule has 2 heterocycles. The van der Waals surface area contributed by atoms with Gasteiger partial charge in [0.15, 0.2) is 0 Å². The lowest BCUT2D eigenvalue weighted by Crippen LogP contribution is -1.88. The molecule has 0 bridgehead atoms. The highest BCUT2D eigenvalue weighted by molar-refractivity contribution is 7.19. The Balaban J connectivity index is 2.04. The Morgan fingerprint density at radius 3 is 2.94 bits per heavy atom. The highest BCUT2D eigenvalue weighted by Gasteiger charge is 2.07. The van der Waals surface area contributed by atoms with Gasteiger partial charge in [-0.1, -0.05) is 12.1 Å². The van der Waals surface area contributed by atoms with Gasteiger partial charge in [-0.05, 0) is 24.3 Å². The number of amides is 1. The first-order chi connectivity index (χ1) is 8.36. The molecule has 3 aromatic rings. The lowest BCUT2D eigenvalue weighted by molar-refractivity contribution is -0.105. The Kier molecular flexibility index (Phi) is 2.38. The number of para-hydroxylation sites is 2. The maximum Gasteiger partial charge on any atom is 0.212 e. The summed E-state index contributed by atoms with van der Waals surface area (Å²) in [7, 11) is 0. The Morgan fingerprint density at radius 1 is 1.24 bits per heavy atom. The van der Waals surface area contributed by atoms with Crippen LogP contribution >= 0.6 is 11.3 Å². The second-order valence-corrected chi connectivity index (χ2v) is 4.61. The fourth-order valence-electron chi connectivity index (χ4n) is 1.67. The Bertz CT molecular complexity index is 638. The highest BCUT2D eigenvalue weighted by Crippen LogP contribution is 2.30. The number of nitrogens with zero attached hydrogens (tertiary/aromatic N) is 1. The lowest BCUT2D eigenvalue weighted by atomic mass is 10.3. The molecular weight excluding hydrogens is 234 g/mol. The summed E-state index contributed by atoms with van der Waals surface area (Å²) < 4.78 is 0. The van der Waals surface area contributed by atoms with E-state index in [4.69, 9.17) is 0 Å². The number of H-pyrrole nitrogens is 1. The summed E-state index contributed by atoms with van der Waals surface area (Å²) in [4.78, 5) is 19.1. The van der Waals surface area contributed by atoms with Crippen LogP contribution in [0.4, 0.5) is 5.00 Å². The number of thiophene rings is 1. The van der Waals surface area contributed by atoms with E-state index in [9.17, 15) is 4.79 Å². The van der Waals surface area contributed by atoms with Crippen LogP contribution in [0.25, 0.3) is 21.7 Å². The summed E-state index contributed by atoms with van der Waals surface area (Å²) in [5, 5.41) is 3.44. The summed E-state index contributed by atoms with van der Waals surface area (Å²) in [5.74, 6) is 0.829. The number of benzene rings is 1. The minimum atomic E-state index is 0.675. The quantitative estimate of drug-likeness (QED) is 0.695. The van der Waals surface area contributed by atoms with Crippen LogP contribution in [0.5, 0.6) is 0 Å². The van der Waals surface area contributed by atoms with Gasteiger partial charge in [0.2, 0.25) is 6.41 Å². The van der Waals surface area contributed by atoms with Crippen molar-refractivity contribution in [3.8, 4) is 10.7 Å². The third-order valence-corrected chi connectivity index (χ3v) is 3.45. The summed E-state index contributed by atoms with van der Waals surface area (Å²) in [6.45, 7) is 0. The molecule has 0 aliphatic carbocycles.